The summed E-state index contributed by atoms with van der Waals surface area (Å²) >= 11 is 0. The first-order valence-corrected chi connectivity index (χ1v) is 9.70. The van der Waals surface area contributed by atoms with E-state index in [0.717, 1.165) is 33.6 Å². The van der Waals surface area contributed by atoms with Crippen LogP contribution in [0.3, 0.4) is 0 Å². The Hall–Kier alpha value is -3.74. The molecule has 0 spiro atoms. The summed E-state index contributed by atoms with van der Waals surface area (Å²) in [4.78, 5) is 13.7. The summed E-state index contributed by atoms with van der Waals surface area (Å²) < 4.78 is 3.92. The zero-order valence-electron chi connectivity index (χ0n) is 16.7. The van der Waals surface area contributed by atoms with Crippen LogP contribution in [0.1, 0.15) is 19.7 Å². The Morgan fingerprint density at radius 1 is 0.828 bits per heavy atom. The number of aromatic nitrogens is 6. The summed E-state index contributed by atoms with van der Waals surface area (Å²) in [5, 5.41) is 7.50. The lowest BCUT2D eigenvalue weighted by Crippen LogP contribution is -2.09. The summed E-state index contributed by atoms with van der Waals surface area (Å²) in [7, 11) is 1.88. The van der Waals surface area contributed by atoms with E-state index < -0.39 is 0 Å². The van der Waals surface area contributed by atoms with Gasteiger partial charge in [0.1, 0.15) is 16.9 Å². The zero-order valence-corrected chi connectivity index (χ0v) is 16.7. The van der Waals surface area contributed by atoms with Gasteiger partial charge in [0, 0.05) is 12.7 Å². The van der Waals surface area contributed by atoms with Gasteiger partial charge in [-0.3, -0.25) is 9.25 Å². The van der Waals surface area contributed by atoms with Crippen molar-refractivity contribution in [2.75, 3.05) is 5.32 Å². The van der Waals surface area contributed by atoms with E-state index in [1.165, 1.54) is 0 Å². The average molecular weight is 385 g/mol. The summed E-state index contributed by atoms with van der Waals surface area (Å²) in [5.74, 6) is 1.46. The van der Waals surface area contributed by atoms with Crippen LogP contribution in [0.15, 0.2) is 67.0 Å². The molecule has 0 aliphatic carbocycles. The lowest BCUT2D eigenvalue weighted by atomic mass is 10.3. The molecule has 3 heterocycles. The van der Waals surface area contributed by atoms with Crippen LogP contribution >= 0.6 is 0 Å². The third-order valence-corrected chi connectivity index (χ3v) is 4.55. The maximum atomic E-state index is 4.80. The van der Waals surface area contributed by atoms with E-state index in [4.69, 9.17) is 4.98 Å². The van der Waals surface area contributed by atoms with Crippen molar-refractivity contribution in [3.05, 3.63) is 72.8 Å². The quantitative estimate of drug-likeness (QED) is 0.498. The van der Waals surface area contributed by atoms with Crippen molar-refractivity contribution < 1.29 is 0 Å². The van der Waals surface area contributed by atoms with Crippen LogP contribution in [0.4, 0.5) is 5.95 Å². The molecular formula is C22H23N7. The molecule has 0 unspecified atom stereocenters. The first kappa shape index (κ1) is 18.6. The Bertz CT molecular complexity index is 1240. The van der Waals surface area contributed by atoms with Gasteiger partial charge in [-0.05, 0) is 24.3 Å². The summed E-state index contributed by atoms with van der Waals surface area (Å²) in [6.07, 6.45) is 3.51. The molecule has 0 fully saturated rings. The van der Waals surface area contributed by atoms with E-state index in [9.17, 15) is 0 Å². The zero-order chi connectivity index (χ0) is 20.2. The molecule has 7 heteroatoms. The first-order chi connectivity index (χ1) is 14.3. The largest absolute Gasteiger partial charge is 0.347 e. The van der Waals surface area contributed by atoms with E-state index in [1.807, 2.05) is 57.3 Å². The van der Waals surface area contributed by atoms with Crippen molar-refractivity contribution in [3.63, 3.8) is 0 Å². The Labute approximate surface area is 169 Å². The number of aryl methyl sites for hydroxylation is 1. The van der Waals surface area contributed by atoms with Gasteiger partial charge in [0.2, 0.25) is 5.95 Å². The molecule has 0 bridgehead atoms. The number of nitrogens with zero attached hydrogens (tertiary/aromatic N) is 6. The number of imidazole rings is 1. The van der Waals surface area contributed by atoms with Gasteiger partial charge in [0.25, 0.3) is 0 Å². The number of hydrogen-bond donors (Lipinski definition) is 1. The highest BCUT2D eigenvalue weighted by molar-refractivity contribution is 5.78. The number of fused-ring (bicyclic) bond motifs is 2. The van der Waals surface area contributed by atoms with Crippen molar-refractivity contribution in [1.82, 2.24) is 29.3 Å². The van der Waals surface area contributed by atoms with Crippen LogP contribution < -0.4 is 5.32 Å². The molecule has 29 heavy (non-hydrogen) atoms. The van der Waals surface area contributed by atoms with Gasteiger partial charge in [0.05, 0.1) is 30.0 Å². The van der Waals surface area contributed by atoms with Crippen molar-refractivity contribution in [2.45, 2.75) is 20.4 Å². The molecule has 0 saturated carbocycles. The fourth-order valence-electron chi connectivity index (χ4n) is 3.24. The molecule has 1 N–H and O–H groups in total. The maximum absolute atomic E-state index is 4.80. The minimum atomic E-state index is 0.509. The van der Waals surface area contributed by atoms with E-state index in [0.29, 0.717) is 12.5 Å². The van der Waals surface area contributed by atoms with Gasteiger partial charge in [-0.15, -0.1) is 0 Å². The minimum absolute atomic E-state index is 0.509. The third kappa shape index (κ3) is 3.54. The van der Waals surface area contributed by atoms with Crippen LogP contribution in [-0.4, -0.2) is 29.3 Å². The van der Waals surface area contributed by atoms with Crippen LogP contribution in [0.2, 0.25) is 0 Å². The van der Waals surface area contributed by atoms with E-state index >= 15 is 0 Å². The van der Waals surface area contributed by atoms with E-state index in [-0.39, 0.29) is 0 Å². The fourth-order valence-corrected chi connectivity index (χ4v) is 3.24. The molecule has 5 rings (SSSR count). The van der Waals surface area contributed by atoms with Crippen molar-refractivity contribution in [1.29, 1.82) is 0 Å². The Morgan fingerprint density at radius 2 is 1.59 bits per heavy atom. The Balaban J connectivity index is 0.000000994. The predicted molar refractivity (Wildman–Crippen MR) is 116 cm³/mol. The maximum Gasteiger partial charge on any atom is 0.223 e. The fraction of sp³-hybridized carbons (Fsp3) is 0.182. The molecule has 0 radical (unpaired) electrons. The molecular weight excluding hydrogens is 362 g/mol. The lowest BCUT2D eigenvalue weighted by Gasteiger charge is -2.10. The molecule has 7 nitrogen and oxygen atoms in total. The topological polar surface area (TPSA) is 73.5 Å². The monoisotopic (exact) mass is 385 g/mol. The third-order valence-electron chi connectivity index (χ3n) is 4.55. The smallest absolute Gasteiger partial charge is 0.223 e. The lowest BCUT2D eigenvalue weighted by molar-refractivity contribution is 0.795. The molecule has 2 aromatic carbocycles. The second kappa shape index (κ2) is 8.10. The van der Waals surface area contributed by atoms with Gasteiger partial charge in [-0.2, -0.15) is 5.10 Å². The molecule has 3 aromatic heterocycles. The molecule has 146 valence electrons. The van der Waals surface area contributed by atoms with Crippen molar-refractivity contribution in [3.8, 4) is 5.69 Å². The Kier molecular flexibility index (Phi) is 5.20. The van der Waals surface area contributed by atoms with Crippen molar-refractivity contribution in [2.24, 2.45) is 7.05 Å². The number of benzene rings is 2. The number of hydrogen-bond acceptors (Lipinski definition) is 5. The average Bonchev–Trinajstić information content (AvgIpc) is 3.34. The van der Waals surface area contributed by atoms with Crippen LogP contribution in [0.25, 0.3) is 27.8 Å². The molecule has 0 amide bonds. The summed E-state index contributed by atoms with van der Waals surface area (Å²) in [6, 6.07) is 18.4. The Morgan fingerprint density at radius 3 is 2.41 bits per heavy atom. The van der Waals surface area contributed by atoms with Crippen LogP contribution in [0.5, 0.6) is 0 Å². The van der Waals surface area contributed by atoms with Gasteiger partial charge in [-0.1, -0.05) is 44.2 Å². The first-order valence-electron chi connectivity index (χ1n) is 9.70. The summed E-state index contributed by atoms with van der Waals surface area (Å²) in [6.45, 7) is 4.51. The van der Waals surface area contributed by atoms with Gasteiger partial charge in [-0.25, -0.2) is 15.0 Å². The van der Waals surface area contributed by atoms with E-state index in [2.05, 4.69) is 43.1 Å². The highest BCUT2D eigenvalue weighted by atomic mass is 15.3. The van der Waals surface area contributed by atoms with Gasteiger partial charge >= 0.3 is 0 Å². The van der Waals surface area contributed by atoms with Gasteiger partial charge < -0.3 is 5.32 Å². The predicted octanol–water partition coefficient (Wildman–Crippen LogP) is 4.34. The van der Waals surface area contributed by atoms with Crippen molar-refractivity contribution >= 4 is 28.0 Å². The van der Waals surface area contributed by atoms with Crippen LogP contribution in [-0.2, 0) is 13.6 Å². The van der Waals surface area contributed by atoms with E-state index in [1.54, 1.807) is 17.1 Å². The molecule has 5 aromatic rings. The minimum Gasteiger partial charge on any atom is -0.347 e. The summed E-state index contributed by atoms with van der Waals surface area (Å²) in [5.41, 5.74) is 4.82. The van der Waals surface area contributed by atoms with Crippen LogP contribution in [0, 0.1) is 0 Å². The number of anilines is 1. The van der Waals surface area contributed by atoms with Gasteiger partial charge in [0.15, 0.2) is 0 Å². The SMILES string of the molecule is CC.Cn1ncc2nc(NCc3nc4ccccc4n3-c3ccccc3)ncc21. The molecule has 0 aliphatic heterocycles. The number of nitrogens with one attached hydrogen (secondary N) is 1. The standard InChI is InChI=1S/C20H17N7.C2H6/c1-26-18-12-21-20(25-16(18)11-23-26)22-13-19-24-15-9-5-6-10-17(15)27(19)14-7-3-2-4-8-14;1-2/h2-12H,13H2,1H3,(H,21,22,25);1-2H3. The second-order valence-corrected chi connectivity index (χ2v) is 6.27. The molecule has 0 aliphatic rings. The highest BCUT2D eigenvalue weighted by Gasteiger charge is 2.12. The molecule has 0 saturated heterocycles. The highest BCUT2D eigenvalue weighted by Crippen LogP contribution is 2.22. The number of rotatable bonds is 4. The second-order valence-electron chi connectivity index (χ2n) is 6.27. The molecule has 0 atom stereocenters. The number of para-hydroxylation sites is 3. The normalized spacial score (nSPS) is 10.7.